The van der Waals surface area contributed by atoms with E-state index in [2.05, 4.69) is 74.6 Å². The van der Waals surface area contributed by atoms with Crippen molar-refractivity contribution in [1.82, 2.24) is 0 Å². The lowest BCUT2D eigenvalue weighted by Crippen LogP contribution is -2.50. The van der Waals surface area contributed by atoms with E-state index in [0.29, 0.717) is 19.3 Å². The van der Waals surface area contributed by atoms with Gasteiger partial charge in [-0.1, -0.05) is 150 Å². The van der Waals surface area contributed by atoms with Crippen molar-refractivity contribution >= 4 is 17.9 Å². The molecule has 0 aliphatic heterocycles. The van der Waals surface area contributed by atoms with Gasteiger partial charge < -0.3 is 23.8 Å². The number of likely N-dealkylation sites (N-methyl/N-ethyl adjacent to an activating group) is 1. The first-order valence-corrected chi connectivity index (χ1v) is 22.3. The molecule has 0 aliphatic rings. The molecule has 0 amide bonds. The molecule has 1 N–H and O–H groups in total. The number of hydrogen-bond acceptors (Lipinski definition) is 6. The summed E-state index contributed by atoms with van der Waals surface area (Å²) in [6.45, 7) is 4.48. The zero-order valence-electron chi connectivity index (χ0n) is 37.2. The van der Waals surface area contributed by atoms with Gasteiger partial charge in [-0.05, 0) is 77.0 Å². The summed E-state index contributed by atoms with van der Waals surface area (Å²) in [5, 5.41) is 9.62. The van der Waals surface area contributed by atoms with Gasteiger partial charge in [0.1, 0.15) is 6.61 Å². The fourth-order valence-electron chi connectivity index (χ4n) is 5.85. The van der Waals surface area contributed by atoms with Gasteiger partial charge in [0.25, 0.3) is 0 Å². The first kappa shape index (κ1) is 54.2. The highest BCUT2D eigenvalue weighted by atomic mass is 16.6. The Morgan fingerprint density at radius 2 is 1.03 bits per heavy atom. The maximum absolute atomic E-state index is 12.7. The number of rotatable bonds is 38. The van der Waals surface area contributed by atoms with Crippen LogP contribution >= 0.6 is 0 Å². The Kier molecular flexibility index (Phi) is 37.5. The maximum atomic E-state index is 12.7. The summed E-state index contributed by atoms with van der Waals surface area (Å²) in [7, 11) is 5.49. The van der Waals surface area contributed by atoms with E-state index in [0.717, 1.165) is 89.9 Å². The van der Waals surface area contributed by atoms with Gasteiger partial charge >= 0.3 is 17.9 Å². The number of aliphatic carboxylic acids is 1. The maximum Gasteiger partial charge on any atom is 0.362 e. The Morgan fingerprint density at radius 1 is 0.552 bits per heavy atom. The normalized spacial score (nSPS) is 13.9. The highest BCUT2D eigenvalue weighted by Crippen LogP contribution is 2.12. The lowest BCUT2D eigenvalue weighted by atomic mass is 10.1. The molecular formula is C50H82NO7+. The number of allylic oxidation sites excluding steroid dienone is 16. The number of carboxylic acids is 1. The molecule has 0 heterocycles. The molecule has 0 fully saturated rings. The van der Waals surface area contributed by atoms with Gasteiger partial charge in [-0.15, -0.1) is 0 Å². The standard InChI is InChI=1S/C50H81NO7/c1-6-8-10-12-14-16-18-20-21-22-23-24-25-26-27-29-31-33-35-37-39-41-49(53)58-46(44-56-43-42-47(50(54)55)51(3,4)5)45-57-48(52)40-38-36-34-32-30-28-19-17-15-13-11-9-7-2/h9,11,13-17,19-21,23-24,26-28,30,46-47H,6-8,10,12,18,22,25,29,31-45H2,1-5H3/p+1/b11-9+,15-13+,16-14+,19-17+,21-20+,24-23+,27-26+,30-28+. The van der Waals surface area contributed by atoms with Crippen LogP contribution in [0.1, 0.15) is 149 Å². The van der Waals surface area contributed by atoms with Crippen molar-refractivity contribution in [3.63, 3.8) is 0 Å². The van der Waals surface area contributed by atoms with Crippen LogP contribution in [0.4, 0.5) is 0 Å². The summed E-state index contributed by atoms with van der Waals surface area (Å²) in [4.78, 5) is 37.0. The second-order valence-electron chi connectivity index (χ2n) is 15.7. The van der Waals surface area contributed by atoms with Crippen molar-refractivity contribution in [2.24, 2.45) is 0 Å². The minimum absolute atomic E-state index is 0.0337. The molecule has 8 heteroatoms. The zero-order chi connectivity index (χ0) is 42.8. The van der Waals surface area contributed by atoms with E-state index in [1.54, 1.807) is 0 Å². The van der Waals surface area contributed by atoms with Gasteiger partial charge in [-0.3, -0.25) is 9.59 Å². The molecule has 328 valence electrons. The van der Waals surface area contributed by atoms with Crippen molar-refractivity contribution in [3.8, 4) is 0 Å². The van der Waals surface area contributed by atoms with Gasteiger partial charge in [0.2, 0.25) is 0 Å². The molecule has 0 saturated carbocycles. The van der Waals surface area contributed by atoms with Crippen LogP contribution in [0.25, 0.3) is 0 Å². The molecule has 0 aliphatic carbocycles. The van der Waals surface area contributed by atoms with Crippen LogP contribution < -0.4 is 0 Å². The Morgan fingerprint density at radius 3 is 1.60 bits per heavy atom. The number of unbranched alkanes of at least 4 members (excludes halogenated alkanes) is 11. The van der Waals surface area contributed by atoms with Gasteiger partial charge in [0.15, 0.2) is 12.1 Å². The Balaban J connectivity index is 4.43. The summed E-state index contributed by atoms with van der Waals surface area (Å²) in [6, 6.07) is -0.630. The number of hydrogen-bond donors (Lipinski definition) is 1. The number of nitrogens with zero attached hydrogens (tertiary/aromatic N) is 1. The van der Waals surface area contributed by atoms with Crippen LogP contribution in [0.15, 0.2) is 97.2 Å². The smallest absolute Gasteiger partial charge is 0.362 e. The fourth-order valence-corrected chi connectivity index (χ4v) is 5.85. The number of carbonyl (C=O) groups excluding carboxylic acids is 2. The van der Waals surface area contributed by atoms with Crippen LogP contribution in [0.5, 0.6) is 0 Å². The van der Waals surface area contributed by atoms with Crippen LogP contribution in [-0.2, 0) is 28.6 Å². The van der Waals surface area contributed by atoms with Gasteiger partial charge in [0.05, 0.1) is 34.4 Å². The minimum atomic E-state index is -0.889. The summed E-state index contributed by atoms with van der Waals surface area (Å²) in [6.07, 6.45) is 53.1. The molecule has 0 aromatic carbocycles. The van der Waals surface area contributed by atoms with Crippen molar-refractivity contribution in [3.05, 3.63) is 97.2 Å². The van der Waals surface area contributed by atoms with E-state index in [9.17, 15) is 19.5 Å². The number of quaternary nitrogens is 1. The van der Waals surface area contributed by atoms with E-state index in [1.165, 1.54) is 25.7 Å². The van der Waals surface area contributed by atoms with Gasteiger partial charge in [0, 0.05) is 19.3 Å². The van der Waals surface area contributed by atoms with E-state index in [-0.39, 0.29) is 36.2 Å². The van der Waals surface area contributed by atoms with Crippen LogP contribution in [0.3, 0.4) is 0 Å². The summed E-state index contributed by atoms with van der Waals surface area (Å²) >= 11 is 0. The van der Waals surface area contributed by atoms with Crippen molar-refractivity contribution in [1.29, 1.82) is 0 Å². The summed E-state index contributed by atoms with van der Waals surface area (Å²) < 4.78 is 17.2. The largest absolute Gasteiger partial charge is 0.477 e. The molecule has 0 rings (SSSR count). The van der Waals surface area contributed by atoms with Crippen molar-refractivity contribution < 1.29 is 38.2 Å². The molecule has 0 aromatic rings. The predicted molar refractivity (Wildman–Crippen MR) is 243 cm³/mol. The zero-order valence-corrected chi connectivity index (χ0v) is 37.2. The molecule has 0 saturated heterocycles. The van der Waals surface area contributed by atoms with Crippen molar-refractivity contribution in [2.45, 2.75) is 161 Å². The molecule has 0 spiro atoms. The molecule has 0 bridgehead atoms. The van der Waals surface area contributed by atoms with E-state index < -0.39 is 18.1 Å². The third-order valence-electron chi connectivity index (χ3n) is 9.31. The molecule has 8 nitrogen and oxygen atoms in total. The lowest BCUT2D eigenvalue weighted by Gasteiger charge is -2.31. The quantitative estimate of drug-likeness (QED) is 0.0218. The third-order valence-corrected chi connectivity index (χ3v) is 9.31. The number of carboxylic acid groups (broad SMARTS) is 1. The van der Waals surface area contributed by atoms with Crippen LogP contribution in [-0.4, -0.2) is 80.6 Å². The molecular weight excluding hydrogens is 727 g/mol. The first-order valence-electron chi connectivity index (χ1n) is 22.3. The van der Waals surface area contributed by atoms with E-state index in [1.807, 2.05) is 57.6 Å². The summed E-state index contributed by atoms with van der Waals surface area (Å²) in [5.41, 5.74) is 0. The third kappa shape index (κ3) is 37.8. The number of ether oxygens (including phenoxy) is 3. The van der Waals surface area contributed by atoms with Crippen molar-refractivity contribution in [2.75, 3.05) is 41.0 Å². The summed E-state index contributed by atoms with van der Waals surface area (Å²) in [5.74, 6) is -1.56. The van der Waals surface area contributed by atoms with E-state index in [4.69, 9.17) is 14.2 Å². The number of esters is 2. The second-order valence-corrected chi connectivity index (χ2v) is 15.7. The van der Waals surface area contributed by atoms with Gasteiger partial charge in [-0.2, -0.15) is 0 Å². The van der Waals surface area contributed by atoms with Crippen LogP contribution in [0.2, 0.25) is 0 Å². The highest BCUT2D eigenvalue weighted by Gasteiger charge is 2.31. The highest BCUT2D eigenvalue weighted by molar-refractivity contribution is 5.72. The number of carbonyl (C=O) groups is 3. The average molecular weight is 809 g/mol. The molecule has 0 radical (unpaired) electrons. The lowest BCUT2D eigenvalue weighted by molar-refractivity contribution is -0.887. The predicted octanol–water partition coefficient (Wildman–Crippen LogP) is 12.3. The topological polar surface area (TPSA) is 99.1 Å². The Bertz CT molecular complexity index is 1260. The monoisotopic (exact) mass is 809 g/mol. The molecule has 0 aromatic heterocycles. The SMILES string of the molecule is CC/C=C/C=C/C=C/C=C/CCCCCC(=O)OCC(COCCC(C(=O)O)[N+](C)(C)C)OC(=O)CCCCCCC/C=C/C/C=C/C/C=C/C/C=C/CCCCC. The Hall–Kier alpha value is -3.75. The van der Waals surface area contributed by atoms with E-state index >= 15 is 0 Å². The van der Waals surface area contributed by atoms with Crippen LogP contribution in [0, 0.1) is 0 Å². The fraction of sp³-hybridized carbons (Fsp3) is 0.620. The average Bonchev–Trinajstić information content (AvgIpc) is 3.18. The molecule has 58 heavy (non-hydrogen) atoms. The Labute approximate surface area is 354 Å². The first-order chi connectivity index (χ1) is 28.1. The molecule has 2 unspecified atom stereocenters. The van der Waals surface area contributed by atoms with Gasteiger partial charge in [-0.25, -0.2) is 4.79 Å². The minimum Gasteiger partial charge on any atom is -0.477 e. The molecule has 2 atom stereocenters. The second kappa shape index (κ2) is 40.0.